The molecule has 0 bridgehead atoms. The van der Waals surface area contributed by atoms with Crippen LogP contribution < -0.4 is 4.90 Å². The summed E-state index contributed by atoms with van der Waals surface area (Å²) in [6, 6.07) is 1.44. The zero-order valence-electron chi connectivity index (χ0n) is 9.97. The average Bonchev–Trinajstić information content (AvgIpc) is 2.27. The molecule has 1 aliphatic heterocycles. The van der Waals surface area contributed by atoms with Crippen LogP contribution in [0.1, 0.15) is 19.8 Å². The molecule has 18 heavy (non-hydrogen) atoms. The number of aromatic nitrogens is 1. The first-order valence-electron chi connectivity index (χ1n) is 5.66. The van der Waals surface area contributed by atoms with Gasteiger partial charge in [-0.05, 0) is 35.7 Å². The highest BCUT2D eigenvalue weighted by atomic mass is 79.9. The summed E-state index contributed by atoms with van der Waals surface area (Å²) in [4.78, 5) is 16.5. The van der Waals surface area contributed by atoms with Crippen molar-refractivity contribution in [2.24, 2.45) is 0 Å². The first-order chi connectivity index (χ1) is 8.39. The molecule has 6 nitrogen and oxygen atoms in total. The molecule has 1 saturated heterocycles. The molecule has 0 aliphatic carbocycles. The Kier molecular flexibility index (Phi) is 3.54. The average molecular weight is 316 g/mol. The zero-order chi connectivity index (χ0) is 13.3. The topological polar surface area (TPSA) is 79.5 Å². The number of pyridine rings is 1. The molecule has 0 spiro atoms. The maximum atomic E-state index is 11.0. The molecule has 2 heterocycles. The number of nitro groups is 1. The predicted octanol–water partition coefficient (Wildman–Crippen LogP) is 2.10. The Balaban J connectivity index is 2.35. The van der Waals surface area contributed by atoms with E-state index in [2.05, 4.69) is 20.9 Å². The third kappa shape index (κ3) is 2.78. The SMILES string of the molecule is CC1(O)CCCN(c2ncc(Br)cc2[N+](=O)[O-])C1. The number of β-amino-alcohol motifs (C(OH)–C–C–N with tert-alkyl or cyclic N) is 1. The van der Waals surface area contributed by atoms with Crippen molar-refractivity contribution in [2.45, 2.75) is 25.4 Å². The number of hydrogen-bond acceptors (Lipinski definition) is 5. The number of halogens is 1. The largest absolute Gasteiger partial charge is 0.388 e. The summed E-state index contributed by atoms with van der Waals surface area (Å²) < 4.78 is 0.571. The second kappa shape index (κ2) is 4.81. The molecule has 1 fully saturated rings. The van der Waals surface area contributed by atoms with Gasteiger partial charge in [0.2, 0.25) is 5.82 Å². The van der Waals surface area contributed by atoms with Crippen molar-refractivity contribution in [2.75, 3.05) is 18.0 Å². The van der Waals surface area contributed by atoms with E-state index >= 15 is 0 Å². The number of nitrogens with zero attached hydrogens (tertiary/aromatic N) is 3. The van der Waals surface area contributed by atoms with Gasteiger partial charge in [-0.15, -0.1) is 0 Å². The highest BCUT2D eigenvalue weighted by Gasteiger charge is 2.32. The Labute approximate surface area is 113 Å². The first kappa shape index (κ1) is 13.2. The second-order valence-corrected chi connectivity index (χ2v) is 5.69. The van der Waals surface area contributed by atoms with Gasteiger partial charge < -0.3 is 10.0 Å². The van der Waals surface area contributed by atoms with E-state index in [4.69, 9.17) is 0 Å². The van der Waals surface area contributed by atoms with E-state index in [1.54, 1.807) is 11.8 Å². The Morgan fingerprint density at radius 2 is 2.39 bits per heavy atom. The van der Waals surface area contributed by atoms with Crippen LogP contribution in [0, 0.1) is 10.1 Å². The summed E-state index contributed by atoms with van der Waals surface area (Å²) >= 11 is 3.18. The lowest BCUT2D eigenvalue weighted by Crippen LogP contribution is -2.46. The van der Waals surface area contributed by atoms with Gasteiger partial charge in [0.1, 0.15) is 0 Å². The Bertz CT molecular complexity index is 479. The molecule has 0 radical (unpaired) electrons. The lowest BCUT2D eigenvalue weighted by molar-refractivity contribution is -0.384. The van der Waals surface area contributed by atoms with Crippen LogP contribution in [0.5, 0.6) is 0 Å². The summed E-state index contributed by atoms with van der Waals surface area (Å²) in [5.74, 6) is 0.322. The molecule has 1 aliphatic rings. The maximum Gasteiger partial charge on any atom is 0.312 e. The van der Waals surface area contributed by atoms with Crippen LogP contribution in [0.2, 0.25) is 0 Å². The summed E-state index contributed by atoms with van der Waals surface area (Å²) in [6.45, 7) is 2.78. The zero-order valence-corrected chi connectivity index (χ0v) is 11.6. The van der Waals surface area contributed by atoms with Crippen molar-refractivity contribution in [3.05, 3.63) is 26.9 Å². The van der Waals surface area contributed by atoms with Crippen LogP contribution in [0.3, 0.4) is 0 Å². The Morgan fingerprint density at radius 1 is 1.67 bits per heavy atom. The summed E-state index contributed by atoms with van der Waals surface area (Å²) in [5, 5.41) is 21.1. The fourth-order valence-electron chi connectivity index (χ4n) is 2.20. The van der Waals surface area contributed by atoms with Crippen LogP contribution in [0.15, 0.2) is 16.7 Å². The third-order valence-corrected chi connectivity index (χ3v) is 3.42. The standard InChI is InChI=1S/C11H14BrN3O3/c1-11(16)3-2-4-14(7-11)10-9(15(17)18)5-8(12)6-13-10/h5-6,16H,2-4,7H2,1H3. The monoisotopic (exact) mass is 315 g/mol. The van der Waals surface area contributed by atoms with E-state index in [0.717, 1.165) is 6.42 Å². The number of piperidine rings is 1. The minimum atomic E-state index is -0.819. The van der Waals surface area contributed by atoms with Crippen molar-refractivity contribution in [1.82, 2.24) is 4.98 Å². The van der Waals surface area contributed by atoms with Gasteiger partial charge in [-0.1, -0.05) is 0 Å². The lowest BCUT2D eigenvalue weighted by atomic mass is 9.95. The van der Waals surface area contributed by atoms with Crippen molar-refractivity contribution in [1.29, 1.82) is 0 Å². The van der Waals surface area contributed by atoms with Gasteiger partial charge in [-0.25, -0.2) is 4.98 Å². The van der Waals surface area contributed by atoms with Gasteiger partial charge in [0.15, 0.2) is 0 Å². The van der Waals surface area contributed by atoms with Crippen LogP contribution >= 0.6 is 15.9 Å². The smallest absolute Gasteiger partial charge is 0.312 e. The third-order valence-electron chi connectivity index (χ3n) is 2.98. The molecule has 0 saturated carbocycles. The van der Waals surface area contributed by atoms with E-state index < -0.39 is 10.5 Å². The number of aliphatic hydroxyl groups is 1. The minimum Gasteiger partial charge on any atom is -0.388 e. The minimum absolute atomic E-state index is 0.0397. The molecule has 1 atom stereocenters. The van der Waals surface area contributed by atoms with Gasteiger partial charge in [-0.3, -0.25) is 10.1 Å². The molecular formula is C11H14BrN3O3. The highest BCUT2D eigenvalue weighted by Crippen LogP contribution is 2.32. The molecular weight excluding hydrogens is 302 g/mol. The molecule has 1 N–H and O–H groups in total. The summed E-state index contributed by atoms with van der Waals surface area (Å²) in [5.41, 5.74) is -0.858. The molecule has 0 aromatic carbocycles. The van der Waals surface area contributed by atoms with Gasteiger partial charge in [-0.2, -0.15) is 0 Å². The van der Waals surface area contributed by atoms with Gasteiger partial charge >= 0.3 is 5.69 Å². The number of rotatable bonds is 2. The Hall–Kier alpha value is -1.21. The fraction of sp³-hybridized carbons (Fsp3) is 0.545. The maximum absolute atomic E-state index is 11.0. The molecule has 98 valence electrons. The van der Waals surface area contributed by atoms with E-state index in [9.17, 15) is 15.2 Å². The van der Waals surface area contributed by atoms with Crippen LogP contribution in [-0.4, -0.2) is 33.7 Å². The molecule has 1 unspecified atom stereocenters. The molecule has 2 rings (SSSR count). The van der Waals surface area contributed by atoms with E-state index in [-0.39, 0.29) is 5.69 Å². The second-order valence-electron chi connectivity index (χ2n) is 4.78. The Morgan fingerprint density at radius 3 is 3.00 bits per heavy atom. The summed E-state index contributed by atoms with van der Waals surface area (Å²) in [6.07, 6.45) is 3.03. The van der Waals surface area contributed by atoms with E-state index in [1.807, 2.05) is 0 Å². The summed E-state index contributed by atoms with van der Waals surface area (Å²) in [7, 11) is 0. The van der Waals surface area contributed by atoms with E-state index in [1.165, 1.54) is 12.3 Å². The fourth-order valence-corrected chi connectivity index (χ4v) is 2.52. The normalized spacial score (nSPS) is 24.1. The van der Waals surface area contributed by atoms with Crippen molar-refractivity contribution in [3.8, 4) is 0 Å². The van der Waals surface area contributed by atoms with Crippen LogP contribution in [0.25, 0.3) is 0 Å². The van der Waals surface area contributed by atoms with Gasteiger partial charge in [0.05, 0.1) is 10.5 Å². The number of hydrogen-bond donors (Lipinski definition) is 1. The molecule has 1 aromatic heterocycles. The molecule has 7 heteroatoms. The van der Waals surface area contributed by atoms with Gasteiger partial charge in [0.25, 0.3) is 0 Å². The van der Waals surface area contributed by atoms with Crippen molar-refractivity contribution in [3.63, 3.8) is 0 Å². The van der Waals surface area contributed by atoms with Crippen LogP contribution in [0.4, 0.5) is 11.5 Å². The molecule has 0 amide bonds. The van der Waals surface area contributed by atoms with Crippen molar-refractivity contribution >= 4 is 27.4 Å². The quantitative estimate of drug-likeness (QED) is 0.668. The molecule has 1 aromatic rings. The first-order valence-corrected chi connectivity index (χ1v) is 6.46. The van der Waals surface area contributed by atoms with Crippen LogP contribution in [-0.2, 0) is 0 Å². The van der Waals surface area contributed by atoms with Crippen molar-refractivity contribution < 1.29 is 10.0 Å². The predicted molar refractivity (Wildman–Crippen MR) is 70.7 cm³/mol. The lowest BCUT2D eigenvalue weighted by Gasteiger charge is -2.37. The highest BCUT2D eigenvalue weighted by molar-refractivity contribution is 9.10. The van der Waals surface area contributed by atoms with E-state index in [0.29, 0.717) is 29.8 Å². The number of anilines is 1. The van der Waals surface area contributed by atoms with Gasteiger partial charge in [0, 0.05) is 29.8 Å².